The molecular weight excluding hydrogens is 198 g/mol. The predicted octanol–water partition coefficient (Wildman–Crippen LogP) is 2.35. The summed E-state index contributed by atoms with van der Waals surface area (Å²) in [5, 5.41) is 9.39. The lowest BCUT2D eigenvalue weighted by molar-refractivity contribution is -0.136. The summed E-state index contributed by atoms with van der Waals surface area (Å²) in [5.74, 6) is -0.187. The molecule has 3 nitrogen and oxygen atoms in total. The Kier molecular flexibility index (Phi) is 2.54. The maximum atomic E-state index is 10.5. The van der Waals surface area contributed by atoms with Gasteiger partial charge in [-0.2, -0.15) is 0 Å². The minimum absolute atomic E-state index is 0.0677. The largest absolute Gasteiger partial charge is 0.481 e. The third kappa shape index (κ3) is 1.80. The quantitative estimate of drug-likeness (QED) is 0.834. The number of aromatic nitrogens is 1. The summed E-state index contributed by atoms with van der Waals surface area (Å²) < 4.78 is 0. The van der Waals surface area contributed by atoms with E-state index in [-0.39, 0.29) is 6.42 Å². The van der Waals surface area contributed by atoms with E-state index in [9.17, 15) is 4.79 Å². The molecule has 0 atom stereocenters. The van der Waals surface area contributed by atoms with Crippen molar-refractivity contribution >= 4 is 17.3 Å². The molecule has 0 bridgehead atoms. The first kappa shape index (κ1) is 9.65. The number of thiazole rings is 1. The number of nitrogens with zero attached hydrogens (tertiary/aromatic N) is 1. The summed E-state index contributed by atoms with van der Waals surface area (Å²) in [6.07, 6.45) is 3.79. The van der Waals surface area contributed by atoms with Gasteiger partial charge in [0, 0.05) is 10.8 Å². The summed E-state index contributed by atoms with van der Waals surface area (Å²) in [5.41, 5.74) is 1.15. The smallest absolute Gasteiger partial charge is 0.310 e. The van der Waals surface area contributed by atoms with Crippen LogP contribution in [0.3, 0.4) is 0 Å². The maximum absolute atomic E-state index is 10.5. The molecule has 0 aromatic carbocycles. The fourth-order valence-corrected chi connectivity index (χ4v) is 2.74. The Labute approximate surface area is 86.8 Å². The summed E-state index contributed by atoms with van der Waals surface area (Å²) in [6.45, 7) is 2.04. The molecule has 2 rings (SSSR count). The highest BCUT2D eigenvalue weighted by atomic mass is 32.1. The Morgan fingerprint density at radius 3 is 2.86 bits per heavy atom. The highest BCUT2D eigenvalue weighted by Crippen LogP contribution is 2.38. The lowest BCUT2D eigenvalue weighted by Gasteiger charge is -2.24. The number of hydrogen-bond acceptors (Lipinski definition) is 3. The standard InChI is InChI=1S/C10H13NO2S/c1-6-10(7-3-2-4-7)11-8(14-6)5-9(12)13/h7H,2-5H2,1H3,(H,12,13). The lowest BCUT2D eigenvalue weighted by atomic mass is 9.82. The second-order valence-electron chi connectivity index (χ2n) is 3.75. The van der Waals surface area contributed by atoms with Gasteiger partial charge in [-0.1, -0.05) is 6.42 Å². The number of rotatable bonds is 3. The van der Waals surface area contributed by atoms with Crippen LogP contribution in [-0.4, -0.2) is 16.1 Å². The number of carboxylic acid groups (broad SMARTS) is 1. The van der Waals surface area contributed by atoms with Gasteiger partial charge in [0.2, 0.25) is 0 Å². The molecule has 1 aromatic heterocycles. The van der Waals surface area contributed by atoms with E-state index in [0.717, 1.165) is 10.7 Å². The van der Waals surface area contributed by atoms with Crippen LogP contribution in [0.5, 0.6) is 0 Å². The van der Waals surface area contributed by atoms with Gasteiger partial charge in [0.05, 0.1) is 12.1 Å². The average Bonchev–Trinajstić information content (AvgIpc) is 2.27. The van der Waals surface area contributed by atoms with E-state index in [2.05, 4.69) is 4.98 Å². The monoisotopic (exact) mass is 211 g/mol. The summed E-state index contributed by atoms with van der Waals surface area (Å²) >= 11 is 1.53. The van der Waals surface area contributed by atoms with Crippen molar-refractivity contribution in [3.63, 3.8) is 0 Å². The molecule has 0 aliphatic heterocycles. The second-order valence-corrected chi connectivity index (χ2v) is 5.04. The number of carbonyl (C=O) groups is 1. The third-order valence-electron chi connectivity index (χ3n) is 2.67. The van der Waals surface area contributed by atoms with Crippen molar-refractivity contribution in [2.24, 2.45) is 0 Å². The van der Waals surface area contributed by atoms with Crippen LogP contribution >= 0.6 is 11.3 Å². The van der Waals surface area contributed by atoms with Crippen LogP contribution in [0.15, 0.2) is 0 Å². The van der Waals surface area contributed by atoms with Crippen LogP contribution < -0.4 is 0 Å². The van der Waals surface area contributed by atoms with Gasteiger partial charge in [0.1, 0.15) is 5.01 Å². The highest BCUT2D eigenvalue weighted by molar-refractivity contribution is 7.11. The minimum Gasteiger partial charge on any atom is -0.481 e. The van der Waals surface area contributed by atoms with Crippen LogP contribution in [-0.2, 0) is 11.2 Å². The van der Waals surface area contributed by atoms with Crippen molar-refractivity contribution in [1.82, 2.24) is 4.98 Å². The molecule has 4 heteroatoms. The van der Waals surface area contributed by atoms with Gasteiger partial charge in [0.15, 0.2) is 0 Å². The third-order valence-corrected chi connectivity index (χ3v) is 3.66. The van der Waals surface area contributed by atoms with Gasteiger partial charge in [-0.05, 0) is 19.8 Å². The first-order chi connectivity index (χ1) is 6.66. The molecule has 1 N–H and O–H groups in total. The van der Waals surface area contributed by atoms with Gasteiger partial charge in [-0.25, -0.2) is 4.98 Å². The first-order valence-electron chi connectivity index (χ1n) is 4.85. The Hall–Kier alpha value is -0.900. The maximum Gasteiger partial charge on any atom is 0.310 e. The minimum atomic E-state index is -0.793. The van der Waals surface area contributed by atoms with E-state index >= 15 is 0 Å². The molecule has 14 heavy (non-hydrogen) atoms. The fraction of sp³-hybridized carbons (Fsp3) is 0.600. The van der Waals surface area contributed by atoms with E-state index in [1.807, 2.05) is 6.92 Å². The Balaban J connectivity index is 2.16. The first-order valence-corrected chi connectivity index (χ1v) is 5.66. The molecule has 0 unspecified atom stereocenters. The molecule has 0 spiro atoms. The van der Waals surface area contributed by atoms with Gasteiger partial charge < -0.3 is 5.11 Å². The topological polar surface area (TPSA) is 50.2 Å². The predicted molar refractivity (Wildman–Crippen MR) is 54.8 cm³/mol. The van der Waals surface area contributed by atoms with Gasteiger partial charge in [-0.15, -0.1) is 11.3 Å². The molecular formula is C10H13NO2S. The molecule has 1 aromatic rings. The van der Waals surface area contributed by atoms with Gasteiger partial charge in [-0.3, -0.25) is 4.79 Å². The average molecular weight is 211 g/mol. The number of aryl methyl sites for hydroxylation is 1. The molecule has 0 amide bonds. The van der Waals surface area contributed by atoms with Gasteiger partial charge >= 0.3 is 5.97 Å². The Bertz CT molecular complexity index is 355. The van der Waals surface area contributed by atoms with Crippen LogP contribution in [0.4, 0.5) is 0 Å². The zero-order valence-electron chi connectivity index (χ0n) is 8.12. The molecule has 0 saturated heterocycles. The fourth-order valence-electron chi connectivity index (χ4n) is 1.73. The molecule has 1 heterocycles. The second kappa shape index (κ2) is 3.69. The van der Waals surface area contributed by atoms with Crippen LogP contribution in [0.2, 0.25) is 0 Å². The van der Waals surface area contributed by atoms with E-state index in [1.54, 1.807) is 0 Å². The highest BCUT2D eigenvalue weighted by Gasteiger charge is 2.24. The van der Waals surface area contributed by atoms with E-state index in [0.29, 0.717) is 5.92 Å². The SMILES string of the molecule is Cc1sc(CC(=O)O)nc1C1CCC1. The molecule has 1 fully saturated rings. The molecule has 0 radical (unpaired) electrons. The van der Waals surface area contributed by atoms with E-state index in [1.165, 1.54) is 35.5 Å². The summed E-state index contributed by atoms with van der Waals surface area (Å²) in [4.78, 5) is 16.1. The van der Waals surface area contributed by atoms with Crippen molar-refractivity contribution in [2.45, 2.75) is 38.5 Å². The lowest BCUT2D eigenvalue weighted by Crippen LogP contribution is -2.10. The molecule has 1 aliphatic rings. The van der Waals surface area contributed by atoms with E-state index in [4.69, 9.17) is 5.11 Å². The van der Waals surface area contributed by atoms with Crippen LogP contribution in [0.25, 0.3) is 0 Å². The Morgan fingerprint density at radius 1 is 1.64 bits per heavy atom. The van der Waals surface area contributed by atoms with Gasteiger partial charge in [0.25, 0.3) is 0 Å². The summed E-state index contributed by atoms with van der Waals surface area (Å²) in [6, 6.07) is 0. The normalized spacial score (nSPS) is 16.6. The van der Waals surface area contributed by atoms with Crippen molar-refractivity contribution in [3.05, 3.63) is 15.6 Å². The molecule has 1 saturated carbocycles. The summed E-state index contributed by atoms with van der Waals surface area (Å²) in [7, 11) is 0. The zero-order chi connectivity index (χ0) is 10.1. The zero-order valence-corrected chi connectivity index (χ0v) is 8.93. The van der Waals surface area contributed by atoms with Crippen molar-refractivity contribution in [2.75, 3.05) is 0 Å². The van der Waals surface area contributed by atoms with Crippen molar-refractivity contribution < 1.29 is 9.90 Å². The van der Waals surface area contributed by atoms with Crippen LogP contribution in [0.1, 0.15) is 40.8 Å². The molecule has 76 valence electrons. The number of hydrogen-bond donors (Lipinski definition) is 1. The number of carboxylic acids is 1. The van der Waals surface area contributed by atoms with Crippen LogP contribution in [0, 0.1) is 6.92 Å². The number of aliphatic carboxylic acids is 1. The van der Waals surface area contributed by atoms with Crippen molar-refractivity contribution in [1.29, 1.82) is 0 Å². The van der Waals surface area contributed by atoms with E-state index < -0.39 is 5.97 Å². The Morgan fingerprint density at radius 2 is 2.36 bits per heavy atom. The van der Waals surface area contributed by atoms with Crippen molar-refractivity contribution in [3.8, 4) is 0 Å². The molecule has 1 aliphatic carbocycles.